The van der Waals surface area contributed by atoms with Gasteiger partial charge in [0.25, 0.3) is 5.91 Å². The third-order valence-electron chi connectivity index (χ3n) is 5.27. The summed E-state index contributed by atoms with van der Waals surface area (Å²) in [7, 11) is 1.67. The predicted molar refractivity (Wildman–Crippen MR) is 125 cm³/mol. The number of rotatable bonds is 9. The Kier molecular flexibility index (Phi) is 7.04. The fraction of sp³-hybridized carbons (Fsp3) is 0.304. The Morgan fingerprint density at radius 1 is 1.40 bits per heavy atom. The summed E-state index contributed by atoms with van der Waals surface area (Å²) < 4.78 is 44.1. The highest BCUT2D eigenvalue weighted by molar-refractivity contribution is 6.10. The Morgan fingerprint density at radius 3 is 2.74 bits per heavy atom. The SMILES string of the molecule is C=CC1(C)CN(c2nn(C)cc2NC(=O)/C(C)=C/OC(=C)c2ccnc(NCC(F)(F)F)c2)C1=O. The highest BCUT2D eigenvalue weighted by atomic mass is 19.4. The van der Waals surface area contributed by atoms with Gasteiger partial charge < -0.3 is 15.4 Å². The van der Waals surface area contributed by atoms with Crippen LogP contribution in [-0.2, 0) is 21.4 Å². The summed E-state index contributed by atoms with van der Waals surface area (Å²) in [6, 6.07) is 2.85. The Morgan fingerprint density at radius 2 is 2.11 bits per heavy atom. The van der Waals surface area contributed by atoms with Gasteiger partial charge in [-0.15, -0.1) is 6.58 Å². The molecule has 0 bridgehead atoms. The molecule has 0 aromatic carbocycles. The third kappa shape index (κ3) is 5.89. The van der Waals surface area contributed by atoms with Crippen LogP contribution in [0.4, 0.5) is 30.5 Å². The zero-order valence-corrected chi connectivity index (χ0v) is 19.4. The lowest BCUT2D eigenvalue weighted by molar-refractivity contribution is -0.130. The third-order valence-corrected chi connectivity index (χ3v) is 5.27. The molecule has 1 aliphatic heterocycles. The van der Waals surface area contributed by atoms with E-state index in [0.29, 0.717) is 23.6 Å². The molecule has 1 atom stereocenters. The molecular formula is C23H25F3N6O3. The van der Waals surface area contributed by atoms with Crippen LogP contribution in [0.2, 0.25) is 0 Å². The van der Waals surface area contributed by atoms with E-state index in [2.05, 4.69) is 33.9 Å². The minimum atomic E-state index is -4.39. The lowest BCUT2D eigenvalue weighted by Crippen LogP contribution is -2.59. The highest BCUT2D eigenvalue weighted by Gasteiger charge is 2.48. The Bertz CT molecular complexity index is 1200. The first-order chi connectivity index (χ1) is 16.3. The van der Waals surface area contributed by atoms with Crippen LogP contribution in [0.1, 0.15) is 19.4 Å². The number of ether oxygens (including phenoxy) is 1. The Hall–Kier alpha value is -4.09. The maximum absolute atomic E-state index is 12.7. The molecule has 35 heavy (non-hydrogen) atoms. The van der Waals surface area contributed by atoms with E-state index in [1.165, 1.54) is 41.1 Å². The van der Waals surface area contributed by atoms with Crippen LogP contribution in [0.3, 0.4) is 0 Å². The van der Waals surface area contributed by atoms with Crippen LogP contribution < -0.4 is 15.5 Å². The van der Waals surface area contributed by atoms with Gasteiger partial charge in [-0.1, -0.05) is 12.7 Å². The number of carbonyl (C=O) groups excluding carboxylic acids is 2. The Balaban J connectivity index is 1.64. The molecule has 2 aromatic rings. The van der Waals surface area contributed by atoms with E-state index in [4.69, 9.17) is 4.74 Å². The van der Waals surface area contributed by atoms with Crippen LogP contribution in [0.25, 0.3) is 5.76 Å². The van der Waals surface area contributed by atoms with Gasteiger partial charge in [0, 0.05) is 30.9 Å². The summed E-state index contributed by atoms with van der Waals surface area (Å²) in [5.41, 5.74) is 0.234. The molecule has 0 saturated carbocycles. The zero-order valence-electron chi connectivity index (χ0n) is 19.4. The van der Waals surface area contributed by atoms with E-state index < -0.39 is 24.0 Å². The van der Waals surface area contributed by atoms with Crippen molar-refractivity contribution in [2.24, 2.45) is 12.5 Å². The maximum atomic E-state index is 12.7. The average molecular weight is 490 g/mol. The molecule has 12 heteroatoms. The lowest BCUT2D eigenvalue weighted by Gasteiger charge is -2.43. The fourth-order valence-electron chi connectivity index (χ4n) is 3.17. The van der Waals surface area contributed by atoms with E-state index in [-0.39, 0.29) is 23.1 Å². The highest BCUT2D eigenvalue weighted by Crippen LogP contribution is 2.39. The van der Waals surface area contributed by atoms with Crippen molar-refractivity contribution in [2.75, 3.05) is 28.6 Å². The van der Waals surface area contributed by atoms with Crippen LogP contribution in [0.15, 0.2) is 55.6 Å². The maximum Gasteiger partial charge on any atom is 0.405 e. The van der Waals surface area contributed by atoms with Gasteiger partial charge >= 0.3 is 6.18 Å². The number of aromatic nitrogens is 3. The molecule has 1 unspecified atom stereocenters. The summed E-state index contributed by atoms with van der Waals surface area (Å²) in [4.78, 5) is 30.5. The van der Waals surface area contributed by atoms with E-state index in [1.807, 2.05) is 0 Å². The van der Waals surface area contributed by atoms with E-state index in [9.17, 15) is 22.8 Å². The van der Waals surface area contributed by atoms with Crippen LogP contribution in [-0.4, -0.2) is 45.8 Å². The number of carbonyl (C=O) groups is 2. The van der Waals surface area contributed by atoms with Crippen LogP contribution in [0, 0.1) is 5.41 Å². The van der Waals surface area contributed by atoms with Crippen molar-refractivity contribution in [3.05, 3.63) is 61.2 Å². The largest absolute Gasteiger partial charge is 0.465 e. The number of nitrogens with zero attached hydrogens (tertiary/aromatic N) is 4. The second kappa shape index (κ2) is 9.65. The standard InChI is InChI=1S/C23H25F3N6O3/c1-6-22(4)13-32(21(22)34)19-17(10-31(5)30-19)29-20(33)14(2)11-35-15(3)16-7-8-27-18(9-16)28-12-23(24,25)26/h6-11H,1,3,12-13H2,2,4-5H3,(H,27,28)(H,29,33)/b14-11+. The topological polar surface area (TPSA) is 101 Å². The van der Waals surface area contributed by atoms with Gasteiger partial charge in [0.2, 0.25) is 5.91 Å². The van der Waals surface area contributed by atoms with Crippen molar-refractivity contribution in [3.8, 4) is 0 Å². The summed E-state index contributed by atoms with van der Waals surface area (Å²) in [6.07, 6.45) is 1.25. The Labute approximate surface area is 200 Å². The minimum absolute atomic E-state index is 0.000204. The van der Waals surface area contributed by atoms with Crippen molar-refractivity contribution in [1.29, 1.82) is 0 Å². The second-order valence-electron chi connectivity index (χ2n) is 8.25. The van der Waals surface area contributed by atoms with E-state index in [0.717, 1.165) is 0 Å². The van der Waals surface area contributed by atoms with Crippen LogP contribution >= 0.6 is 0 Å². The number of alkyl halides is 3. The fourth-order valence-corrected chi connectivity index (χ4v) is 3.17. The summed E-state index contributed by atoms with van der Waals surface area (Å²) in [6.45, 7) is 9.86. The van der Waals surface area contributed by atoms with Crippen molar-refractivity contribution in [3.63, 3.8) is 0 Å². The van der Waals surface area contributed by atoms with E-state index in [1.54, 1.807) is 26.2 Å². The number of halogens is 3. The number of amides is 2. The smallest absolute Gasteiger partial charge is 0.405 e. The summed E-state index contributed by atoms with van der Waals surface area (Å²) >= 11 is 0. The zero-order chi connectivity index (χ0) is 26.0. The molecule has 3 heterocycles. The van der Waals surface area contributed by atoms with Crippen LogP contribution in [0.5, 0.6) is 0 Å². The first-order valence-electron chi connectivity index (χ1n) is 10.4. The van der Waals surface area contributed by atoms with Crippen molar-refractivity contribution in [1.82, 2.24) is 14.8 Å². The number of nitrogens with one attached hydrogen (secondary N) is 2. The molecule has 2 N–H and O–H groups in total. The number of aryl methyl sites for hydroxylation is 1. The van der Waals surface area contributed by atoms with Crippen molar-refractivity contribution in [2.45, 2.75) is 20.0 Å². The molecule has 1 saturated heterocycles. The van der Waals surface area contributed by atoms with Gasteiger partial charge in [-0.25, -0.2) is 4.98 Å². The minimum Gasteiger partial charge on any atom is -0.465 e. The molecule has 1 aliphatic rings. The summed E-state index contributed by atoms with van der Waals surface area (Å²) in [5, 5.41) is 9.15. The number of anilines is 3. The molecule has 1 fully saturated rings. The number of hydrogen-bond donors (Lipinski definition) is 2. The molecule has 2 aromatic heterocycles. The monoisotopic (exact) mass is 490 g/mol. The normalized spacial score (nSPS) is 18.1. The van der Waals surface area contributed by atoms with Gasteiger partial charge in [-0.2, -0.15) is 18.3 Å². The molecule has 9 nitrogen and oxygen atoms in total. The molecule has 0 radical (unpaired) electrons. The van der Waals surface area contributed by atoms with Gasteiger partial charge in [0.15, 0.2) is 5.82 Å². The van der Waals surface area contributed by atoms with Gasteiger partial charge in [0.1, 0.15) is 23.8 Å². The van der Waals surface area contributed by atoms with Gasteiger partial charge in [-0.3, -0.25) is 19.2 Å². The molecule has 0 aliphatic carbocycles. The lowest BCUT2D eigenvalue weighted by atomic mass is 9.81. The molecule has 2 amide bonds. The van der Waals surface area contributed by atoms with E-state index >= 15 is 0 Å². The van der Waals surface area contributed by atoms with Gasteiger partial charge in [0.05, 0.1) is 17.9 Å². The first-order valence-corrected chi connectivity index (χ1v) is 10.4. The molecule has 186 valence electrons. The second-order valence-corrected chi connectivity index (χ2v) is 8.25. The predicted octanol–water partition coefficient (Wildman–Crippen LogP) is 3.86. The van der Waals surface area contributed by atoms with Gasteiger partial charge in [-0.05, 0) is 26.0 Å². The first kappa shape index (κ1) is 25.5. The summed E-state index contributed by atoms with van der Waals surface area (Å²) in [5.74, 6) is -0.255. The molecule has 0 spiro atoms. The number of β-lactam (4-membered cyclic amide) rings is 1. The quantitative estimate of drug-likeness (QED) is 0.240. The molecular weight excluding hydrogens is 465 g/mol. The van der Waals surface area contributed by atoms with Crippen molar-refractivity contribution >= 4 is 34.9 Å². The molecule has 3 rings (SSSR count). The average Bonchev–Trinajstić information content (AvgIpc) is 3.17. The number of pyridine rings is 1. The number of hydrogen-bond acceptors (Lipinski definition) is 6. The van der Waals surface area contributed by atoms with Crippen molar-refractivity contribution < 1.29 is 27.5 Å².